The third-order valence-electron chi connectivity index (χ3n) is 8.81. The Balaban J connectivity index is 1.50. The number of esters is 1. The zero-order valence-corrected chi connectivity index (χ0v) is 22.3. The molecule has 190 valence electrons. The van der Waals surface area contributed by atoms with Crippen LogP contribution in [-0.2, 0) is 19.4 Å². The summed E-state index contributed by atoms with van der Waals surface area (Å²) in [6, 6.07) is 8.87. The molecule has 0 N–H and O–H groups in total. The molecule has 0 unspecified atom stereocenters. The van der Waals surface area contributed by atoms with Crippen LogP contribution in [0.2, 0.25) is 0 Å². The van der Waals surface area contributed by atoms with Gasteiger partial charge in [-0.1, -0.05) is 61.9 Å². The lowest BCUT2D eigenvalue weighted by atomic mass is 9.61. The maximum Gasteiger partial charge on any atom is 0.302 e. The molecule has 5 atom stereocenters. The van der Waals surface area contributed by atoms with Gasteiger partial charge in [0, 0.05) is 13.3 Å². The topological polar surface area (TPSA) is 60.4 Å². The number of allylic oxidation sites excluding steroid dienone is 4. The van der Waals surface area contributed by atoms with E-state index in [1.807, 2.05) is 6.07 Å². The second kappa shape index (κ2) is 10.5. The predicted octanol–water partition coefficient (Wildman–Crippen LogP) is 6.84. The highest BCUT2D eigenvalue weighted by Gasteiger charge is 2.51. The first-order valence-corrected chi connectivity index (χ1v) is 14.8. The molecular formula is C30H40O4S. The van der Waals surface area contributed by atoms with Gasteiger partial charge in [0.05, 0.1) is 10.6 Å². The quantitative estimate of drug-likeness (QED) is 0.405. The SMILES string of the molecule is C=C1CC[C@H](OC(C)=O)C/C1=C\C=C1/CCC[C@]2(C)[C@@H]([C@H](C)CS(=O)(=O)c3ccccc3)CC[C@@H]12. The maximum atomic E-state index is 13.1. The first-order chi connectivity index (χ1) is 16.6. The highest BCUT2D eigenvalue weighted by Crippen LogP contribution is 2.59. The summed E-state index contributed by atoms with van der Waals surface area (Å²) in [7, 11) is -3.29. The average molecular weight is 497 g/mol. The van der Waals surface area contributed by atoms with Crippen molar-refractivity contribution in [2.75, 3.05) is 5.75 Å². The molecule has 0 spiro atoms. The molecule has 35 heavy (non-hydrogen) atoms. The van der Waals surface area contributed by atoms with Crippen LogP contribution >= 0.6 is 0 Å². The molecule has 1 aromatic carbocycles. The number of ether oxygens (including phenoxy) is 1. The summed E-state index contributed by atoms with van der Waals surface area (Å²) in [5.74, 6) is 1.02. The van der Waals surface area contributed by atoms with E-state index in [0.29, 0.717) is 16.7 Å². The first-order valence-electron chi connectivity index (χ1n) is 13.1. The summed E-state index contributed by atoms with van der Waals surface area (Å²) in [5, 5.41) is 0. The van der Waals surface area contributed by atoms with E-state index in [9.17, 15) is 13.2 Å². The smallest absolute Gasteiger partial charge is 0.302 e. The number of hydrogen-bond acceptors (Lipinski definition) is 4. The predicted molar refractivity (Wildman–Crippen MR) is 141 cm³/mol. The van der Waals surface area contributed by atoms with Gasteiger partial charge in [-0.2, -0.15) is 0 Å². The molecule has 0 saturated heterocycles. The van der Waals surface area contributed by atoms with E-state index in [4.69, 9.17) is 4.74 Å². The average Bonchev–Trinajstić information content (AvgIpc) is 3.17. The Bertz CT molecular complexity index is 1110. The number of rotatable bonds is 6. The molecule has 4 rings (SSSR count). The molecule has 3 aliphatic carbocycles. The van der Waals surface area contributed by atoms with Crippen molar-refractivity contribution >= 4 is 15.8 Å². The van der Waals surface area contributed by atoms with E-state index in [1.165, 1.54) is 18.1 Å². The van der Waals surface area contributed by atoms with Gasteiger partial charge in [-0.3, -0.25) is 4.79 Å². The van der Waals surface area contributed by atoms with E-state index in [-0.39, 0.29) is 29.2 Å². The Morgan fingerprint density at radius 1 is 1.17 bits per heavy atom. The van der Waals surface area contributed by atoms with Crippen LogP contribution in [0, 0.1) is 23.2 Å². The van der Waals surface area contributed by atoms with Gasteiger partial charge in [0.15, 0.2) is 9.84 Å². The van der Waals surface area contributed by atoms with Gasteiger partial charge >= 0.3 is 5.97 Å². The summed E-state index contributed by atoms with van der Waals surface area (Å²) in [4.78, 5) is 11.8. The van der Waals surface area contributed by atoms with Crippen LogP contribution in [-0.4, -0.2) is 26.2 Å². The van der Waals surface area contributed by atoms with Crippen molar-refractivity contribution < 1.29 is 17.9 Å². The largest absolute Gasteiger partial charge is 0.462 e. The Morgan fingerprint density at radius 3 is 2.63 bits per heavy atom. The Hall–Kier alpha value is -2.14. The molecule has 3 fully saturated rings. The fourth-order valence-corrected chi connectivity index (χ4v) is 8.81. The summed E-state index contributed by atoms with van der Waals surface area (Å²) >= 11 is 0. The minimum absolute atomic E-state index is 0.0532. The molecular weight excluding hydrogens is 456 g/mol. The van der Waals surface area contributed by atoms with Crippen LogP contribution in [0.15, 0.2) is 70.7 Å². The number of sulfone groups is 1. The van der Waals surface area contributed by atoms with Gasteiger partial charge in [0.1, 0.15) is 6.10 Å². The van der Waals surface area contributed by atoms with E-state index in [0.717, 1.165) is 56.9 Å². The first kappa shape index (κ1) is 25.9. The Morgan fingerprint density at radius 2 is 1.91 bits per heavy atom. The molecule has 3 aliphatic rings. The van der Waals surface area contributed by atoms with Gasteiger partial charge in [-0.05, 0) is 85.8 Å². The number of benzene rings is 1. The second-order valence-electron chi connectivity index (χ2n) is 11.2. The van der Waals surface area contributed by atoms with Crippen LogP contribution in [0.1, 0.15) is 72.1 Å². The highest BCUT2D eigenvalue weighted by atomic mass is 32.2. The maximum absolute atomic E-state index is 13.1. The van der Waals surface area contributed by atoms with Crippen molar-refractivity contribution in [3.63, 3.8) is 0 Å². The lowest BCUT2D eigenvalue weighted by Crippen LogP contribution is -2.37. The minimum Gasteiger partial charge on any atom is -0.462 e. The van der Waals surface area contributed by atoms with Crippen molar-refractivity contribution in [1.82, 2.24) is 0 Å². The third kappa shape index (κ3) is 5.66. The van der Waals surface area contributed by atoms with Crippen molar-refractivity contribution in [3.05, 3.63) is 65.8 Å². The molecule has 1 aromatic rings. The van der Waals surface area contributed by atoms with E-state index < -0.39 is 9.84 Å². The summed E-state index contributed by atoms with van der Waals surface area (Å²) in [6.45, 7) is 10.3. The molecule has 0 aromatic heterocycles. The Kier molecular flexibility index (Phi) is 7.75. The molecule has 3 saturated carbocycles. The number of fused-ring (bicyclic) bond motifs is 1. The van der Waals surface area contributed by atoms with Crippen molar-refractivity contribution in [2.45, 2.75) is 83.1 Å². The molecule has 0 radical (unpaired) electrons. The van der Waals surface area contributed by atoms with Crippen molar-refractivity contribution in [1.29, 1.82) is 0 Å². The summed E-state index contributed by atoms with van der Waals surface area (Å²) < 4.78 is 31.6. The second-order valence-corrected chi connectivity index (χ2v) is 13.2. The van der Waals surface area contributed by atoms with E-state index in [1.54, 1.807) is 24.3 Å². The molecule has 0 aliphatic heterocycles. The Labute approximate surface area is 211 Å². The van der Waals surface area contributed by atoms with Crippen molar-refractivity contribution in [2.24, 2.45) is 23.2 Å². The number of carbonyl (C=O) groups is 1. The lowest BCUT2D eigenvalue weighted by Gasteiger charge is -2.44. The van der Waals surface area contributed by atoms with E-state index >= 15 is 0 Å². The molecule has 5 heteroatoms. The van der Waals surface area contributed by atoms with Gasteiger partial charge in [-0.15, -0.1) is 0 Å². The summed E-state index contributed by atoms with van der Waals surface area (Å²) in [6.07, 6.45) is 12.5. The molecule has 0 bridgehead atoms. The standard InChI is InChI=1S/C30H40O4S/c1-21-12-15-26(34-23(3)31)19-25(21)14-13-24-9-8-18-30(4)28(16-17-29(24)30)22(2)20-35(32,33)27-10-6-5-7-11-27/h5-7,10-11,13-14,22,26,28-29H,1,8-9,12,15-20H2,2-4H3/b24-13+,25-14+/t22-,26+,28-,29+,30-/m1/s1. The number of carbonyl (C=O) groups excluding carboxylic acids is 1. The fourth-order valence-electron chi connectivity index (χ4n) is 7.12. The molecule has 0 heterocycles. The molecule has 4 nitrogen and oxygen atoms in total. The lowest BCUT2D eigenvalue weighted by molar-refractivity contribution is -0.146. The zero-order valence-electron chi connectivity index (χ0n) is 21.5. The highest BCUT2D eigenvalue weighted by molar-refractivity contribution is 7.91. The van der Waals surface area contributed by atoms with Crippen LogP contribution in [0.4, 0.5) is 0 Å². The van der Waals surface area contributed by atoms with Crippen LogP contribution in [0.5, 0.6) is 0 Å². The van der Waals surface area contributed by atoms with Crippen LogP contribution in [0.25, 0.3) is 0 Å². The fraction of sp³-hybridized carbons (Fsp3) is 0.567. The van der Waals surface area contributed by atoms with Gasteiger partial charge in [0.25, 0.3) is 0 Å². The van der Waals surface area contributed by atoms with Crippen LogP contribution in [0.3, 0.4) is 0 Å². The van der Waals surface area contributed by atoms with Crippen molar-refractivity contribution in [3.8, 4) is 0 Å². The number of hydrogen-bond donors (Lipinski definition) is 0. The molecule has 0 amide bonds. The van der Waals surface area contributed by atoms with Gasteiger partial charge < -0.3 is 4.74 Å². The third-order valence-corrected chi connectivity index (χ3v) is 10.8. The normalized spacial score (nSPS) is 32.4. The van der Waals surface area contributed by atoms with Gasteiger partial charge in [0.2, 0.25) is 0 Å². The van der Waals surface area contributed by atoms with Gasteiger partial charge in [-0.25, -0.2) is 8.42 Å². The van der Waals surface area contributed by atoms with E-state index in [2.05, 4.69) is 32.6 Å². The monoisotopic (exact) mass is 496 g/mol. The minimum atomic E-state index is -3.29. The zero-order chi connectivity index (χ0) is 25.2. The summed E-state index contributed by atoms with van der Waals surface area (Å²) in [5.41, 5.74) is 3.97. The van der Waals surface area contributed by atoms with Crippen LogP contribution < -0.4 is 0 Å².